The Morgan fingerprint density at radius 3 is 2.70 bits per heavy atom. The van der Waals surface area contributed by atoms with E-state index in [1.165, 1.54) is 10.8 Å². The number of thiocarbonyl (C=S) groups is 1. The molecule has 6 heteroatoms. The summed E-state index contributed by atoms with van der Waals surface area (Å²) in [4.78, 5) is 0. The Labute approximate surface area is 172 Å². The first-order chi connectivity index (χ1) is 13.2. The Morgan fingerprint density at radius 2 is 1.93 bits per heavy atom. The minimum Gasteiger partial charge on any atom is -0.488 e. The van der Waals surface area contributed by atoms with Gasteiger partial charge in [-0.15, -0.1) is 0 Å². The maximum atomic E-state index is 5.96. The Morgan fingerprint density at radius 1 is 1.11 bits per heavy atom. The molecule has 2 N–H and O–H groups in total. The Hall–Kier alpha value is -2.44. The maximum absolute atomic E-state index is 5.96. The van der Waals surface area contributed by atoms with Crippen LogP contribution in [0.1, 0.15) is 18.1 Å². The molecular formula is C21H20BrN3OS. The molecule has 4 nitrogen and oxygen atoms in total. The number of nitrogens with zero attached hydrogens (tertiary/aromatic N) is 1. The molecule has 0 atom stereocenters. The summed E-state index contributed by atoms with van der Waals surface area (Å²) in [6, 6.07) is 20.5. The fourth-order valence-electron chi connectivity index (χ4n) is 2.57. The second-order valence-corrected chi connectivity index (χ2v) is 7.15. The first kappa shape index (κ1) is 19.3. The summed E-state index contributed by atoms with van der Waals surface area (Å²) in [5.74, 6) is 0.788. The fraction of sp³-hybridized carbons (Fsp3) is 0.143. The van der Waals surface area contributed by atoms with Crippen molar-refractivity contribution in [1.82, 2.24) is 10.7 Å². The zero-order chi connectivity index (χ0) is 19.1. The van der Waals surface area contributed by atoms with Gasteiger partial charge in [0.15, 0.2) is 5.11 Å². The normalized spacial score (nSPS) is 10.9. The molecule has 0 unspecified atom stereocenters. The number of benzene rings is 3. The molecular weight excluding hydrogens is 422 g/mol. The molecule has 3 rings (SSSR count). The van der Waals surface area contributed by atoms with E-state index in [0.29, 0.717) is 11.7 Å². The lowest BCUT2D eigenvalue weighted by Crippen LogP contribution is -2.31. The highest BCUT2D eigenvalue weighted by atomic mass is 79.9. The van der Waals surface area contributed by atoms with E-state index in [1.807, 2.05) is 37.3 Å². The highest BCUT2D eigenvalue weighted by Crippen LogP contribution is 2.27. The third kappa shape index (κ3) is 5.52. The lowest BCUT2D eigenvalue weighted by atomic mass is 10.1. The summed E-state index contributed by atoms with van der Waals surface area (Å²) in [6.07, 6.45) is 1.71. The quantitative estimate of drug-likeness (QED) is 0.321. The number of halogens is 1. The summed E-state index contributed by atoms with van der Waals surface area (Å²) in [7, 11) is 0. The van der Waals surface area contributed by atoms with Crippen molar-refractivity contribution in [3.63, 3.8) is 0 Å². The van der Waals surface area contributed by atoms with E-state index in [0.717, 1.165) is 27.9 Å². The van der Waals surface area contributed by atoms with Gasteiger partial charge in [-0.3, -0.25) is 5.43 Å². The molecule has 0 aliphatic heterocycles. The Kier molecular flexibility index (Phi) is 6.79. The molecule has 0 heterocycles. The summed E-state index contributed by atoms with van der Waals surface area (Å²) in [6.45, 7) is 3.25. The van der Waals surface area contributed by atoms with E-state index in [9.17, 15) is 0 Å². The second-order valence-electron chi connectivity index (χ2n) is 5.89. The van der Waals surface area contributed by atoms with Gasteiger partial charge in [-0.2, -0.15) is 5.10 Å². The monoisotopic (exact) mass is 441 g/mol. The number of rotatable bonds is 6. The number of hydrazone groups is 1. The molecule has 0 radical (unpaired) electrons. The van der Waals surface area contributed by atoms with Gasteiger partial charge in [-0.05, 0) is 81.2 Å². The van der Waals surface area contributed by atoms with Crippen molar-refractivity contribution in [2.24, 2.45) is 5.10 Å². The second kappa shape index (κ2) is 9.48. The molecule has 0 saturated heterocycles. The van der Waals surface area contributed by atoms with Crippen molar-refractivity contribution in [2.75, 3.05) is 6.54 Å². The minimum atomic E-state index is 0.503. The zero-order valence-electron chi connectivity index (χ0n) is 14.9. The van der Waals surface area contributed by atoms with E-state index < -0.39 is 0 Å². The predicted molar refractivity (Wildman–Crippen MR) is 119 cm³/mol. The number of hydrogen-bond acceptors (Lipinski definition) is 3. The van der Waals surface area contributed by atoms with Gasteiger partial charge in [0.05, 0.1) is 10.7 Å². The molecule has 0 aliphatic carbocycles. The van der Waals surface area contributed by atoms with Gasteiger partial charge in [0.2, 0.25) is 0 Å². The van der Waals surface area contributed by atoms with Crippen LogP contribution in [0.5, 0.6) is 5.75 Å². The first-order valence-electron chi connectivity index (χ1n) is 8.62. The van der Waals surface area contributed by atoms with Crippen LogP contribution in [-0.2, 0) is 6.61 Å². The van der Waals surface area contributed by atoms with Crippen molar-refractivity contribution in [2.45, 2.75) is 13.5 Å². The molecule has 0 bridgehead atoms. The average molecular weight is 442 g/mol. The van der Waals surface area contributed by atoms with E-state index >= 15 is 0 Å². The van der Waals surface area contributed by atoms with Gasteiger partial charge in [-0.25, -0.2) is 0 Å². The van der Waals surface area contributed by atoms with Crippen LogP contribution in [0, 0.1) is 0 Å². The predicted octanol–water partition coefficient (Wildman–Crippen LogP) is 5.00. The topological polar surface area (TPSA) is 45.7 Å². The van der Waals surface area contributed by atoms with Crippen LogP contribution in [0.15, 0.2) is 70.2 Å². The molecule has 0 aromatic heterocycles. The van der Waals surface area contributed by atoms with Crippen LogP contribution in [-0.4, -0.2) is 17.9 Å². The molecule has 0 aliphatic rings. The van der Waals surface area contributed by atoms with Crippen LogP contribution >= 0.6 is 28.1 Å². The van der Waals surface area contributed by atoms with Crippen molar-refractivity contribution in [3.05, 3.63) is 76.3 Å². The van der Waals surface area contributed by atoms with E-state index in [1.54, 1.807) is 6.21 Å². The van der Waals surface area contributed by atoms with Crippen LogP contribution in [0.4, 0.5) is 0 Å². The van der Waals surface area contributed by atoms with Gasteiger partial charge in [-0.1, -0.05) is 36.4 Å². The van der Waals surface area contributed by atoms with Crippen LogP contribution in [0.3, 0.4) is 0 Å². The van der Waals surface area contributed by atoms with E-state index in [4.69, 9.17) is 17.0 Å². The summed E-state index contributed by atoms with van der Waals surface area (Å²) in [5.41, 5.74) is 4.84. The van der Waals surface area contributed by atoms with Crippen LogP contribution < -0.4 is 15.5 Å². The highest BCUT2D eigenvalue weighted by molar-refractivity contribution is 9.10. The van der Waals surface area contributed by atoms with Crippen LogP contribution in [0.25, 0.3) is 10.8 Å². The summed E-state index contributed by atoms with van der Waals surface area (Å²) in [5, 5.41) is 10.0. The first-order valence-corrected chi connectivity index (χ1v) is 9.83. The SMILES string of the molecule is CCNC(=S)N/N=C\c1ccc(OCc2ccc3ccccc3c2)c(Br)c1. The molecule has 138 valence electrons. The zero-order valence-corrected chi connectivity index (χ0v) is 17.3. The number of ether oxygens (including phenoxy) is 1. The van der Waals surface area contributed by atoms with Crippen molar-refractivity contribution < 1.29 is 4.74 Å². The lowest BCUT2D eigenvalue weighted by Gasteiger charge is -2.10. The van der Waals surface area contributed by atoms with Gasteiger partial charge in [0.1, 0.15) is 12.4 Å². The Bertz CT molecular complexity index is 975. The molecule has 27 heavy (non-hydrogen) atoms. The molecule has 0 fully saturated rings. The largest absolute Gasteiger partial charge is 0.488 e. The van der Waals surface area contributed by atoms with Gasteiger partial charge < -0.3 is 10.1 Å². The molecule has 3 aromatic rings. The standard InChI is InChI=1S/C21H20BrN3OS/c1-2-23-21(27)25-24-13-15-8-10-20(19(22)12-15)26-14-16-7-9-17-5-3-4-6-18(17)11-16/h3-13H,2,14H2,1H3,(H2,23,25,27)/b24-13-. The van der Waals surface area contributed by atoms with E-state index in [2.05, 4.69) is 62.1 Å². The third-order valence-electron chi connectivity index (χ3n) is 3.88. The minimum absolute atomic E-state index is 0.503. The molecule has 3 aromatic carbocycles. The number of hydrogen-bond donors (Lipinski definition) is 2. The lowest BCUT2D eigenvalue weighted by molar-refractivity contribution is 0.304. The summed E-state index contributed by atoms with van der Waals surface area (Å²) >= 11 is 8.62. The molecule has 0 spiro atoms. The third-order valence-corrected chi connectivity index (χ3v) is 4.74. The van der Waals surface area contributed by atoms with Crippen molar-refractivity contribution in [3.8, 4) is 5.75 Å². The summed E-state index contributed by atoms with van der Waals surface area (Å²) < 4.78 is 6.84. The van der Waals surface area contributed by atoms with Crippen molar-refractivity contribution >= 4 is 50.2 Å². The maximum Gasteiger partial charge on any atom is 0.186 e. The highest BCUT2D eigenvalue weighted by Gasteiger charge is 2.04. The van der Waals surface area contributed by atoms with Gasteiger partial charge in [0.25, 0.3) is 0 Å². The number of nitrogens with one attached hydrogen (secondary N) is 2. The average Bonchev–Trinajstić information content (AvgIpc) is 2.67. The molecule has 0 saturated carbocycles. The van der Waals surface area contributed by atoms with E-state index in [-0.39, 0.29) is 0 Å². The van der Waals surface area contributed by atoms with Crippen LogP contribution in [0.2, 0.25) is 0 Å². The molecule has 0 amide bonds. The fourth-order valence-corrected chi connectivity index (χ4v) is 3.28. The van der Waals surface area contributed by atoms with Gasteiger partial charge in [0, 0.05) is 6.54 Å². The smallest absolute Gasteiger partial charge is 0.186 e. The Balaban J connectivity index is 1.61. The van der Waals surface area contributed by atoms with Gasteiger partial charge >= 0.3 is 0 Å². The number of fused-ring (bicyclic) bond motifs is 1. The van der Waals surface area contributed by atoms with Crippen molar-refractivity contribution in [1.29, 1.82) is 0 Å².